The van der Waals surface area contributed by atoms with E-state index in [0.29, 0.717) is 6.04 Å². The van der Waals surface area contributed by atoms with E-state index in [0.717, 1.165) is 29.0 Å². The van der Waals surface area contributed by atoms with E-state index in [-0.39, 0.29) is 0 Å². The number of nitrogens with zero attached hydrogens (tertiary/aromatic N) is 1. The molecule has 2 bridgehead atoms. The average Bonchev–Trinajstić information content (AvgIpc) is 2.36. The Bertz CT molecular complexity index is 443. The van der Waals surface area contributed by atoms with Crippen molar-refractivity contribution >= 4 is 11.4 Å². The Morgan fingerprint density at radius 3 is 2.58 bits per heavy atom. The second kappa shape index (κ2) is 5.04. The molecule has 3 N–H and O–H groups in total. The number of nitrogen functional groups attached to an aromatic ring is 1. The summed E-state index contributed by atoms with van der Waals surface area (Å²) in [7, 11) is 2.30. The Balaban J connectivity index is 1.72. The van der Waals surface area contributed by atoms with Crippen molar-refractivity contribution < 1.29 is 0 Å². The Morgan fingerprint density at radius 1 is 1.21 bits per heavy atom. The van der Waals surface area contributed by atoms with Gasteiger partial charge in [-0.3, -0.25) is 0 Å². The maximum Gasteiger partial charge on any atom is 0.0579 e. The minimum Gasteiger partial charge on any atom is -0.397 e. The summed E-state index contributed by atoms with van der Waals surface area (Å²) >= 11 is 0. The van der Waals surface area contributed by atoms with Gasteiger partial charge in [0.05, 0.1) is 11.4 Å². The van der Waals surface area contributed by atoms with Gasteiger partial charge < -0.3 is 16.0 Å². The molecule has 0 aliphatic carbocycles. The van der Waals surface area contributed by atoms with Crippen LogP contribution in [0.2, 0.25) is 0 Å². The van der Waals surface area contributed by atoms with Crippen LogP contribution in [0.1, 0.15) is 37.7 Å². The molecule has 1 aromatic rings. The monoisotopic (exact) mass is 259 g/mol. The second-order valence-corrected chi connectivity index (χ2v) is 6.25. The van der Waals surface area contributed by atoms with Gasteiger partial charge in [0.15, 0.2) is 0 Å². The van der Waals surface area contributed by atoms with Gasteiger partial charge in [-0.15, -0.1) is 0 Å². The number of nitrogens with two attached hydrogens (primary N) is 1. The predicted octanol–water partition coefficient (Wildman–Crippen LogP) is 3.00. The van der Waals surface area contributed by atoms with Crippen LogP contribution in [0.3, 0.4) is 0 Å². The zero-order valence-electron chi connectivity index (χ0n) is 12.0. The fraction of sp³-hybridized carbons (Fsp3) is 0.625. The second-order valence-electron chi connectivity index (χ2n) is 6.25. The normalized spacial score (nSPS) is 31.2. The molecule has 2 heterocycles. The van der Waals surface area contributed by atoms with Gasteiger partial charge in [-0.1, -0.05) is 18.6 Å². The number of rotatable bonds is 2. The fourth-order valence-electron chi connectivity index (χ4n) is 3.76. The highest BCUT2D eigenvalue weighted by Crippen LogP contribution is 2.34. The smallest absolute Gasteiger partial charge is 0.0579 e. The number of hydrogen-bond donors (Lipinski definition) is 2. The van der Waals surface area contributed by atoms with Gasteiger partial charge in [-0.25, -0.2) is 0 Å². The maximum atomic E-state index is 6.17. The summed E-state index contributed by atoms with van der Waals surface area (Å²) < 4.78 is 0. The van der Waals surface area contributed by atoms with Gasteiger partial charge >= 0.3 is 0 Å². The van der Waals surface area contributed by atoms with Gasteiger partial charge in [0, 0.05) is 18.1 Å². The Morgan fingerprint density at radius 2 is 1.89 bits per heavy atom. The Hall–Kier alpha value is -1.22. The molecule has 0 aromatic heterocycles. The summed E-state index contributed by atoms with van der Waals surface area (Å²) in [6.45, 7) is 2.07. The first kappa shape index (κ1) is 12.8. The van der Waals surface area contributed by atoms with E-state index in [1.165, 1.54) is 32.1 Å². The van der Waals surface area contributed by atoms with E-state index < -0.39 is 0 Å². The van der Waals surface area contributed by atoms with Crippen LogP contribution in [-0.4, -0.2) is 30.1 Å². The average molecular weight is 259 g/mol. The van der Waals surface area contributed by atoms with Crippen LogP contribution >= 0.6 is 0 Å². The van der Waals surface area contributed by atoms with Crippen LogP contribution in [0.5, 0.6) is 0 Å². The summed E-state index contributed by atoms with van der Waals surface area (Å²) in [4.78, 5) is 2.60. The van der Waals surface area contributed by atoms with Gasteiger partial charge in [0.25, 0.3) is 0 Å². The van der Waals surface area contributed by atoms with Crippen LogP contribution in [0.15, 0.2) is 18.2 Å². The van der Waals surface area contributed by atoms with Crippen molar-refractivity contribution in [2.24, 2.45) is 0 Å². The molecule has 3 heteroatoms. The summed E-state index contributed by atoms with van der Waals surface area (Å²) in [5.74, 6) is 0. The molecule has 2 saturated heterocycles. The molecular weight excluding hydrogens is 234 g/mol. The van der Waals surface area contributed by atoms with Crippen molar-refractivity contribution in [2.75, 3.05) is 18.1 Å². The number of anilines is 2. The van der Waals surface area contributed by atoms with Crippen molar-refractivity contribution in [1.82, 2.24) is 4.90 Å². The van der Waals surface area contributed by atoms with Gasteiger partial charge in [-0.05, 0) is 51.3 Å². The van der Waals surface area contributed by atoms with Crippen LogP contribution in [0.4, 0.5) is 11.4 Å². The molecule has 0 saturated carbocycles. The molecule has 2 aliphatic rings. The summed E-state index contributed by atoms with van der Waals surface area (Å²) in [5, 5.41) is 3.69. The first-order valence-electron chi connectivity index (χ1n) is 7.48. The van der Waals surface area contributed by atoms with E-state index in [4.69, 9.17) is 5.73 Å². The van der Waals surface area contributed by atoms with Crippen LogP contribution < -0.4 is 11.1 Å². The molecule has 19 heavy (non-hydrogen) atoms. The summed E-state index contributed by atoms with van der Waals surface area (Å²) in [6.07, 6.45) is 6.61. The predicted molar refractivity (Wildman–Crippen MR) is 81.4 cm³/mol. The number of benzene rings is 1. The van der Waals surface area contributed by atoms with Crippen molar-refractivity contribution in [3.8, 4) is 0 Å². The molecule has 2 fully saturated rings. The highest BCUT2D eigenvalue weighted by Gasteiger charge is 2.35. The van der Waals surface area contributed by atoms with Gasteiger partial charge in [0.1, 0.15) is 0 Å². The first-order chi connectivity index (χ1) is 9.15. The van der Waals surface area contributed by atoms with Crippen LogP contribution in [0, 0.1) is 6.92 Å². The van der Waals surface area contributed by atoms with E-state index >= 15 is 0 Å². The van der Waals surface area contributed by atoms with E-state index in [2.05, 4.69) is 42.4 Å². The number of fused-ring (bicyclic) bond motifs is 2. The van der Waals surface area contributed by atoms with Crippen molar-refractivity contribution in [1.29, 1.82) is 0 Å². The zero-order valence-corrected chi connectivity index (χ0v) is 12.0. The van der Waals surface area contributed by atoms with Gasteiger partial charge in [-0.2, -0.15) is 0 Å². The largest absolute Gasteiger partial charge is 0.397 e. The number of nitrogens with one attached hydrogen (secondary N) is 1. The summed E-state index contributed by atoms with van der Waals surface area (Å²) in [6, 6.07) is 8.37. The number of para-hydroxylation sites is 1. The highest BCUT2D eigenvalue weighted by molar-refractivity contribution is 5.69. The third-order valence-electron chi connectivity index (χ3n) is 5.02. The van der Waals surface area contributed by atoms with Gasteiger partial charge in [0.2, 0.25) is 0 Å². The Kier molecular flexibility index (Phi) is 3.40. The highest BCUT2D eigenvalue weighted by atomic mass is 15.2. The van der Waals surface area contributed by atoms with Crippen molar-refractivity contribution in [2.45, 2.75) is 57.2 Å². The molecule has 104 valence electrons. The lowest BCUT2D eigenvalue weighted by atomic mass is 9.82. The quantitative estimate of drug-likeness (QED) is 0.802. The molecule has 3 nitrogen and oxygen atoms in total. The molecular formula is C16H25N3. The molecule has 2 unspecified atom stereocenters. The lowest BCUT2D eigenvalue weighted by Gasteiger charge is -2.47. The molecule has 3 rings (SSSR count). The third-order valence-corrected chi connectivity index (χ3v) is 5.02. The fourth-order valence-corrected chi connectivity index (χ4v) is 3.76. The molecule has 2 aliphatic heterocycles. The lowest BCUT2D eigenvalue weighted by Crippen LogP contribution is -2.52. The zero-order chi connectivity index (χ0) is 13.4. The minimum atomic E-state index is 0.579. The SMILES string of the molecule is Cc1cccc(NC2CC3CCCC(C2)N3C)c1N. The van der Waals surface area contributed by atoms with Crippen LogP contribution in [-0.2, 0) is 0 Å². The number of piperidine rings is 2. The molecule has 1 aromatic carbocycles. The van der Waals surface area contributed by atoms with E-state index in [1.807, 2.05) is 0 Å². The summed E-state index contributed by atoms with van der Waals surface area (Å²) in [5.41, 5.74) is 9.36. The lowest BCUT2D eigenvalue weighted by molar-refractivity contribution is 0.0608. The van der Waals surface area contributed by atoms with Crippen molar-refractivity contribution in [3.63, 3.8) is 0 Å². The first-order valence-corrected chi connectivity index (χ1v) is 7.48. The molecule has 0 spiro atoms. The number of aryl methyl sites for hydroxylation is 1. The third kappa shape index (κ3) is 2.44. The maximum absolute atomic E-state index is 6.17. The van der Waals surface area contributed by atoms with E-state index in [1.54, 1.807) is 0 Å². The van der Waals surface area contributed by atoms with Crippen molar-refractivity contribution in [3.05, 3.63) is 23.8 Å². The topological polar surface area (TPSA) is 41.3 Å². The minimum absolute atomic E-state index is 0.579. The standard InChI is InChI=1S/C16H25N3/c1-11-5-3-8-15(16(11)17)18-12-9-13-6-4-7-14(10-12)19(13)2/h3,5,8,12-14,18H,4,6-7,9-10,17H2,1-2H3. The number of hydrogen-bond acceptors (Lipinski definition) is 3. The molecule has 0 amide bonds. The molecule has 0 radical (unpaired) electrons. The van der Waals surface area contributed by atoms with Crippen LogP contribution in [0.25, 0.3) is 0 Å². The molecule has 2 atom stereocenters. The Labute approximate surface area is 116 Å². The van der Waals surface area contributed by atoms with E-state index in [9.17, 15) is 0 Å².